The van der Waals surface area contributed by atoms with Gasteiger partial charge >= 0.3 is 0 Å². The van der Waals surface area contributed by atoms with Gasteiger partial charge in [0.2, 0.25) is 11.8 Å². The molecule has 2 N–H and O–H groups in total. The number of benzene rings is 2. The molecule has 3 aliphatic rings. The Hall–Kier alpha value is -4.52. The number of fused-ring (bicyclic) bond motifs is 7. The van der Waals surface area contributed by atoms with E-state index < -0.39 is 0 Å². The van der Waals surface area contributed by atoms with Crippen molar-refractivity contribution in [1.82, 2.24) is 39.5 Å². The van der Waals surface area contributed by atoms with Crippen molar-refractivity contribution in [2.75, 3.05) is 52.5 Å². The summed E-state index contributed by atoms with van der Waals surface area (Å²) in [7, 11) is 0. The van der Waals surface area contributed by atoms with Crippen LogP contribution in [0.3, 0.4) is 0 Å². The lowest BCUT2D eigenvalue weighted by molar-refractivity contribution is -0.138. The highest BCUT2D eigenvalue weighted by molar-refractivity contribution is 5.83. The van der Waals surface area contributed by atoms with Crippen LogP contribution in [0, 0.1) is 0 Å². The Morgan fingerprint density at radius 3 is 1.95 bits per heavy atom. The molecule has 0 saturated carbocycles. The zero-order valence-corrected chi connectivity index (χ0v) is 36.9. The SMILES string of the molecule is CCN(CC)[C@H](C)C(=O)N1C[C@@H]2C[C@H]1c1ncc([nH]1)-c1ccc(-c3ccc(-c4cnc([C@@H]5CCCN5C(=O)[C@H](C)N(CC)CC)[nH]4)cc3)cc1OCCCCCCCCO2. The van der Waals surface area contributed by atoms with E-state index in [2.05, 4.69) is 89.9 Å². The second kappa shape index (κ2) is 20.4. The molecule has 12 nitrogen and oxygen atoms in total. The summed E-state index contributed by atoms with van der Waals surface area (Å²) in [5.74, 6) is 2.75. The Bertz CT molecular complexity index is 2000. The first-order chi connectivity index (χ1) is 29.2. The fraction of sp³-hybridized carbons (Fsp3) is 0.583. The number of hydrogen-bond acceptors (Lipinski definition) is 8. The standard InChI is InChI=1S/C48H68N8O4/c1-7-53(8-2)33(5)47(57)55-25-17-18-42(55)45-49-30-40(51-45)36-21-19-35(20-22-36)37-23-24-39-41-31-50-46(52-41)43-29-38(32-56(43)48(58)34(6)54(9-3)10-4)59-26-15-13-11-12-14-16-27-60-44(39)28-37/h19-24,28,30-31,33-34,38,42-43H,7-18,25-27,29,32H2,1-6H3,(H,49,51)(H,50,52)/t33-,34+,38-,42-,43-/m0/s1. The summed E-state index contributed by atoms with van der Waals surface area (Å²) in [4.78, 5) is 52.9. The normalized spacial score (nSPS) is 21.4. The number of aromatic amines is 2. The third-order valence-corrected chi connectivity index (χ3v) is 13.3. The van der Waals surface area contributed by atoms with Gasteiger partial charge in [0, 0.05) is 31.7 Å². The number of likely N-dealkylation sites (tertiary alicyclic amines) is 2. The van der Waals surface area contributed by atoms with Crippen LogP contribution in [0.15, 0.2) is 54.9 Å². The van der Waals surface area contributed by atoms with E-state index in [0.29, 0.717) is 13.2 Å². The van der Waals surface area contributed by atoms with E-state index in [-0.39, 0.29) is 42.1 Å². The number of imidazole rings is 2. The molecule has 12 heteroatoms. The molecule has 324 valence electrons. The molecule has 60 heavy (non-hydrogen) atoms. The van der Waals surface area contributed by atoms with E-state index in [0.717, 1.165) is 135 Å². The van der Waals surface area contributed by atoms with Crippen molar-refractivity contribution in [3.8, 4) is 39.4 Å². The van der Waals surface area contributed by atoms with Gasteiger partial charge in [0.05, 0.1) is 60.7 Å². The second-order valence-corrected chi connectivity index (χ2v) is 16.8. The van der Waals surface area contributed by atoms with Crippen molar-refractivity contribution < 1.29 is 19.1 Å². The first kappa shape index (κ1) is 43.6. The van der Waals surface area contributed by atoms with E-state index in [1.807, 2.05) is 36.0 Å². The van der Waals surface area contributed by atoms with Crippen LogP contribution in [0.2, 0.25) is 0 Å². The Morgan fingerprint density at radius 2 is 1.27 bits per heavy atom. The second-order valence-electron chi connectivity index (χ2n) is 16.8. The Balaban J connectivity index is 1.11. The largest absolute Gasteiger partial charge is 0.493 e. The van der Waals surface area contributed by atoms with Crippen molar-refractivity contribution >= 4 is 11.8 Å². The molecule has 5 heterocycles. The molecule has 5 atom stereocenters. The lowest BCUT2D eigenvalue weighted by Crippen LogP contribution is -2.47. The quantitative estimate of drug-likeness (QED) is 0.154. The highest BCUT2D eigenvalue weighted by Gasteiger charge is 2.41. The molecule has 4 aromatic rings. The van der Waals surface area contributed by atoms with Crippen molar-refractivity contribution in [3.63, 3.8) is 0 Å². The van der Waals surface area contributed by atoms with Crippen molar-refractivity contribution in [1.29, 1.82) is 0 Å². The zero-order chi connectivity index (χ0) is 42.2. The maximum atomic E-state index is 14.0. The molecule has 0 aliphatic carbocycles. The van der Waals surface area contributed by atoms with Crippen molar-refractivity contribution in [2.24, 2.45) is 0 Å². The predicted molar refractivity (Wildman–Crippen MR) is 238 cm³/mol. The smallest absolute Gasteiger partial charge is 0.240 e. The monoisotopic (exact) mass is 821 g/mol. The molecule has 2 aromatic carbocycles. The molecule has 2 aromatic heterocycles. The van der Waals surface area contributed by atoms with Crippen LogP contribution in [0.1, 0.15) is 123 Å². The molecular formula is C48H68N8O4. The summed E-state index contributed by atoms with van der Waals surface area (Å²) in [6.45, 7) is 18.5. The van der Waals surface area contributed by atoms with Gasteiger partial charge in [-0.3, -0.25) is 19.4 Å². The first-order valence-electron chi connectivity index (χ1n) is 22.9. The van der Waals surface area contributed by atoms with Crippen LogP contribution in [-0.4, -0.2) is 122 Å². The van der Waals surface area contributed by atoms with Crippen molar-refractivity contribution in [3.05, 3.63) is 66.5 Å². The Labute approximate surface area is 357 Å². The minimum Gasteiger partial charge on any atom is -0.493 e. The highest BCUT2D eigenvalue weighted by Crippen LogP contribution is 2.39. The molecule has 7 rings (SSSR count). The van der Waals surface area contributed by atoms with E-state index in [1.165, 1.54) is 12.8 Å². The fourth-order valence-electron chi connectivity index (χ4n) is 9.60. The average molecular weight is 821 g/mol. The third kappa shape index (κ3) is 9.66. The number of nitrogens with one attached hydrogen (secondary N) is 2. The third-order valence-electron chi connectivity index (χ3n) is 13.3. The maximum Gasteiger partial charge on any atom is 0.240 e. The Morgan fingerprint density at radius 1 is 0.700 bits per heavy atom. The van der Waals surface area contributed by atoms with Gasteiger partial charge in [-0.25, -0.2) is 9.97 Å². The zero-order valence-electron chi connectivity index (χ0n) is 36.9. The van der Waals surface area contributed by atoms with E-state index >= 15 is 0 Å². The molecule has 2 fully saturated rings. The molecular weight excluding hydrogens is 753 g/mol. The molecule has 2 saturated heterocycles. The topological polar surface area (TPSA) is 123 Å². The summed E-state index contributed by atoms with van der Waals surface area (Å²) in [5.41, 5.74) is 5.95. The van der Waals surface area contributed by atoms with Crippen LogP contribution in [0.4, 0.5) is 0 Å². The predicted octanol–water partition coefficient (Wildman–Crippen LogP) is 8.65. The van der Waals surface area contributed by atoms with Crippen molar-refractivity contribution in [2.45, 2.75) is 130 Å². The van der Waals surface area contributed by atoms with Gasteiger partial charge in [0.25, 0.3) is 0 Å². The molecule has 0 spiro atoms. The summed E-state index contributed by atoms with van der Waals surface area (Å²) in [5, 5.41) is 0. The van der Waals surface area contributed by atoms with Gasteiger partial charge in [-0.05, 0) is 94.5 Å². The van der Waals surface area contributed by atoms with Crippen LogP contribution in [0.5, 0.6) is 5.75 Å². The number of carbonyl (C=O) groups excluding carboxylic acids is 2. The van der Waals surface area contributed by atoms with E-state index in [4.69, 9.17) is 19.4 Å². The minimum absolute atomic E-state index is 0.0185. The lowest BCUT2D eigenvalue weighted by atomic mass is 10.00. The number of carbonyl (C=O) groups is 2. The molecule has 3 aliphatic heterocycles. The van der Waals surface area contributed by atoms with Gasteiger partial charge in [-0.15, -0.1) is 0 Å². The van der Waals surface area contributed by atoms with Gasteiger partial charge in [0.15, 0.2) is 0 Å². The molecule has 0 unspecified atom stereocenters. The number of aromatic nitrogens is 4. The Kier molecular flexibility index (Phi) is 14.8. The molecule has 4 bridgehead atoms. The van der Waals surface area contributed by atoms with Crippen LogP contribution >= 0.6 is 0 Å². The van der Waals surface area contributed by atoms with Crippen LogP contribution in [0.25, 0.3) is 33.6 Å². The van der Waals surface area contributed by atoms with Gasteiger partial charge in [0.1, 0.15) is 17.4 Å². The summed E-state index contributed by atoms with van der Waals surface area (Å²) < 4.78 is 13.0. The molecule has 2 amide bonds. The highest BCUT2D eigenvalue weighted by atomic mass is 16.5. The number of ether oxygens (including phenoxy) is 2. The first-order valence-corrected chi connectivity index (χ1v) is 22.9. The van der Waals surface area contributed by atoms with Crippen LogP contribution in [-0.2, 0) is 14.3 Å². The maximum absolute atomic E-state index is 14.0. The molecule has 0 radical (unpaired) electrons. The summed E-state index contributed by atoms with van der Waals surface area (Å²) in [6.07, 6.45) is 13.0. The van der Waals surface area contributed by atoms with E-state index in [1.54, 1.807) is 0 Å². The number of hydrogen-bond donors (Lipinski definition) is 2. The summed E-state index contributed by atoms with van der Waals surface area (Å²) >= 11 is 0. The number of H-pyrrole nitrogens is 2. The van der Waals surface area contributed by atoms with Gasteiger partial charge in [-0.1, -0.05) is 83.7 Å². The number of nitrogens with zero attached hydrogens (tertiary/aromatic N) is 6. The van der Waals surface area contributed by atoms with Gasteiger partial charge in [-0.2, -0.15) is 0 Å². The van der Waals surface area contributed by atoms with Crippen LogP contribution < -0.4 is 4.74 Å². The fourth-order valence-corrected chi connectivity index (χ4v) is 9.60. The average Bonchev–Trinajstić information content (AvgIpc) is 4.11. The minimum atomic E-state index is -0.220. The van der Waals surface area contributed by atoms with Gasteiger partial charge < -0.3 is 29.2 Å². The number of rotatable bonds is 11. The number of amides is 2. The lowest BCUT2D eigenvalue weighted by Gasteiger charge is -2.31. The number of likely N-dealkylation sites (N-methyl/N-ethyl adjacent to an activating group) is 2. The summed E-state index contributed by atoms with van der Waals surface area (Å²) in [6, 6.07) is 14.4. The van der Waals surface area contributed by atoms with E-state index in [9.17, 15) is 9.59 Å².